The van der Waals surface area contributed by atoms with Crippen LogP contribution in [0.4, 0.5) is 0 Å². The van der Waals surface area contributed by atoms with Crippen molar-refractivity contribution < 1.29 is 9.53 Å². The molecule has 0 radical (unpaired) electrons. The minimum Gasteiger partial charge on any atom is -0.378 e. The van der Waals surface area contributed by atoms with Gasteiger partial charge in [-0.2, -0.15) is 0 Å². The van der Waals surface area contributed by atoms with Crippen molar-refractivity contribution in [3.63, 3.8) is 0 Å². The number of hydrogen-bond acceptors (Lipinski definition) is 3. The molecule has 110 valence electrons. The molecule has 19 heavy (non-hydrogen) atoms. The summed E-state index contributed by atoms with van der Waals surface area (Å²) in [5, 5.41) is 3.34. The van der Waals surface area contributed by atoms with Crippen LogP contribution in [0.3, 0.4) is 0 Å². The lowest BCUT2D eigenvalue weighted by atomic mass is 9.63. The van der Waals surface area contributed by atoms with Gasteiger partial charge < -0.3 is 15.0 Å². The Morgan fingerprint density at radius 3 is 2.68 bits per heavy atom. The van der Waals surface area contributed by atoms with Gasteiger partial charge in [0, 0.05) is 25.1 Å². The fourth-order valence-corrected chi connectivity index (χ4v) is 3.47. The van der Waals surface area contributed by atoms with Gasteiger partial charge >= 0.3 is 0 Å². The highest BCUT2D eigenvalue weighted by Crippen LogP contribution is 2.45. The summed E-state index contributed by atoms with van der Waals surface area (Å²) in [5.41, 5.74) is 0.0646. The maximum Gasteiger partial charge on any atom is 0.239 e. The van der Waals surface area contributed by atoms with Crippen molar-refractivity contribution in [2.75, 3.05) is 20.2 Å². The highest BCUT2D eigenvalue weighted by molar-refractivity contribution is 5.82. The number of rotatable bonds is 4. The molecule has 3 atom stereocenters. The highest BCUT2D eigenvalue weighted by Gasteiger charge is 2.52. The van der Waals surface area contributed by atoms with Gasteiger partial charge in [0.05, 0.1) is 12.1 Å². The van der Waals surface area contributed by atoms with Crippen LogP contribution in [0.25, 0.3) is 0 Å². The molecular formula is C15H28N2O2. The second-order valence-corrected chi connectivity index (χ2v) is 6.47. The molecule has 0 bridgehead atoms. The lowest BCUT2D eigenvalue weighted by Gasteiger charge is -2.55. The number of likely N-dealkylation sites (N-methyl/N-ethyl adjacent to an activating group) is 1. The molecule has 0 aromatic rings. The molecule has 1 saturated carbocycles. The van der Waals surface area contributed by atoms with Crippen LogP contribution in [0.5, 0.6) is 0 Å². The largest absolute Gasteiger partial charge is 0.378 e. The molecule has 4 nitrogen and oxygen atoms in total. The number of nitrogens with one attached hydrogen (secondary N) is 1. The van der Waals surface area contributed by atoms with E-state index < -0.39 is 0 Å². The molecule has 2 rings (SSSR count). The third kappa shape index (κ3) is 2.79. The molecule has 2 aliphatic rings. The fraction of sp³-hybridized carbons (Fsp3) is 0.933. The summed E-state index contributed by atoms with van der Waals surface area (Å²) in [4.78, 5) is 14.5. The third-order valence-electron chi connectivity index (χ3n) is 4.92. The predicted octanol–water partition coefficient (Wildman–Crippen LogP) is 1.79. The van der Waals surface area contributed by atoms with Crippen LogP contribution in [0.2, 0.25) is 0 Å². The molecule has 1 heterocycles. The fourth-order valence-electron chi connectivity index (χ4n) is 3.47. The summed E-state index contributed by atoms with van der Waals surface area (Å²) in [6.45, 7) is 8.17. The van der Waals surface area contributed by atoms with Gasteiger partial charge in [0.1, 0.15) is 0 Å². The second-order valence-electron chi connectivity index (χ2n) is 6.47. The summed E-state index contributed by atoms with van der Waals surface area (Å²) in [5.74, 6) is 0.257. The number of ether oxygens (including phenoxy) is 1. The zero-order valence-electron chi connectivity index (χ0n) is 12.7. The molecular weight excluding hydrogens is 240 g/mol. The number of carbonyl (C=O) groups excluding carboxylic acids is 1. The Bertz CT molecular complexity index is 324. The van der Waals surface area contributed by atoms with Gasteiger partial charge in [0.15, 0.2) is 0 Å². The van der Waals surface area contributed by atoms with Crippen LogP contribution in [-0.4, -0.2) is 49.2 Å². The van der Waals surface area contributed by atoms with Crippen molar-refractivity contribution in [1.29, 1.82) is 0 Å². The second kappa shape index (κ2) is 5.80. The van der Waals surface area contributed by atoms with Crippen molar-refractivity contribution in [2.24, 2.45) is 5.41 Å². The van der Waals surface area contributed by atoms with E-state index in [1.807, 2.05) is 18.9 Å². The van der Waals surface area contributed by atoms with E-state index in [1.54, 1.807) is 0 Å². The Kier molecular flexibility index (Phi) is 4.51. The number of nitrogens with zero attached hydrogens (tertiary/aromatic N) is 1. The first kappa shape index (κ1) is 14.8. The van der Waals surface area contributed by atoms with Gasteiger partial charge in [0.25, 0.3) is 0 Å². The quantitative estimate of drug-likeness (QED) is 0.845. The predicted molar refractivity (Wildman–Crippen MR) is 76.0 cm³/mol. The molecule has 4 heteroatoms. The molecule has 2 fully saturated rings. The van der Waals surface area contributed by atoms with E-state index in [0.717, 1.165) is 32.4 Å². The number of hydrogen-bond donors (Lipinski definition) is 1. The van der Waals surface area contributed by atoms with Crippen LogP contribution in [-0.2, 0) is 9.53 Å². The summed E-state index contributed by atoms with van der Waals surface area (Å²) in [6.07, 6.45) is 4.58. The average Bonchev–Trinajstić information content (AvgIpc) is 2.42. The monoisotopic (exact) mass is 268 g/mol. The molecule has 1 aliphatic heterocycles. The van der Waals surface area contributed by atoms with Gasteiger partial charge in [-0.25, -0.2) is 0 Å². The Morgan fingerprint density at radius 1 is 1.42 bits per heavy atom. The van der Waals surface area contributed by atoms with Crippen molar-refractivity contribution in [2.45, 2.75) is 64.6 Å². The van der Waals surface area contributed by atoms with E-state index in [1.165, 1.54) is 6.42 Å². The Morgan fingerprint density at radius 2 is 2.16 bits per heavy atom. The standard InChI is InChI=1S/C15H28N2O2/c1-5-19-13-10-12(15(13,2)3)17(4)14(18)11-8-6-7-9-16-11/h11-13,16H,5-10H2,1-4H3. The molecule has 1 saturated heterocycles. The van der Waals surface area contributed by atoms with Crippen LogP contribution in [0.15, 0.2) is 0 Å². The average molecular weight is 268 g/mol. The minimum atomic E-state index is 0.0284. The maximum absolute atomic E-state index is 12.5. The van der Waals surface area contributed by atoms with E-state index in [9.17, 15) is 4.79 Å². The zero-order valence-corrected chi connectivity index (χ0v) is 12.7. The van der Waals surface area contributed by atoms with E-state index in [4.69, 9.17) is 4.74 Å². The van der Waals surface area contributed by atoms with Gasteiger partial charge in [0.2, 0.25) is 5.91 Å². The zero-order chi connectivity index (χ0) is 14.0. The van der Waals surface area contributed by atoms with Gasteiger partial charge in [-0.05, 0) is 32.7 Å². The lowest BCUT2D eigenvalue weighted by molar-refractivity contribution is -0.165. The molecule has 0 aromatic heterocycles. The molecule has 0 aromatic carbocycles. The van der Waals surface area contributed by atoms with Crippen LogP contribution < -0.4 is 5.32 Å². The molecule has 1 N–H and O–H groups in total. The summed E-state index contributed by atoms with van der Waals surface area (Å²) < 4.78 is 5.75. The van der Waals surface area contributed by atoms with E-state index in [-0.39, 0.29) is 23.5 Å². The van der Waals surface area contributed by atoms with Crippen molar-refractivity contribution >= 4 is 5.91 Å². The summed E-state index contributed by atoms with van der Waals surface area (Å²) in [6, 6.07) is 0.334. The SMILES string of the molecule is CCOC1CC(N(C)C(=O)C2CCCCN2)C1(C)C. The van der Waals surface area contributed by atoms with Crippen LogP contribution in [0, 0.1) is 5.41 Å². The first-order chi connectivity index (χ1) is 8.98. The molecule has 1 amide bonds. The van der Waals surface area contributed by atoms with Crippen LogP contribution in [0.1, 0.15) is 46.5 Å². The molecule has 0 spiro atoms. The van der Waals surface area contributed by atoms with Crippen molar-refractivity contribution in [3.05, 3.63) is 0 Å². The Hall–Kier alpha value is -0.610. The van der Waals surface area contributed by atoms with Gasteiger partial charge in [-0.3, -0.25) is 4.79 Å². The van der Waals surface area contributed by atoms with Crippen molar-refractivity contribution in [3.8, 4) is 0 Å². The first-order valence-electron chi connectivity index (χ1n) is 7.60. The Balaban J connectivity index is 1.93. The Labute approximate surface area is 116 Å². The lowest BCUT2D eigenvalue weighted by Crippen LogP contribution is -2.64. The van der Waals surface area contributed by atoms with Gasteiger partial charge in [-0.15, -0.1) is 0 Å². The molecule has 3 unspecified atom stereocenters. The summed E-state index contributed by atoms with van der Waals surface area (Å²) in [7, 11) is 1.95. The topological polar surface area (TPSA) is 41.6 Å². The van der Waals surface area contributed by atoms with Crippen LogP contribution >= 0.6 is 0 Å². The number of amides is 1. The number of piperidine rings is 1. The van der Waals surface area contributed by atoms with Crippen molar-refractivity contribution in [1.82, 2.24) is 10.2 Å². The summed E-state index contributed by atoms with van der Waals surface area (Å²) >= 11 is 0. The number of carbonyl (C=O) groups is 1. The highest BCUT2D eigenvalue weighted by atomic mass is 16.5. The minimum absolute atomic E-state index is 0.0284. The first-order valence-corrected chi connectivity index (χ1v) is 7.60. The van der Waals surface area contributed by atoms with E-state index in [0.29, 0.717) is 6.04 Å². The molecule has 1 aliphatic carbocycles. The smallest absolute Gasteiger partial charge is 0.239 e. The normalized spacial score (nSPS) is 33.6. The van der Waals surface area contributed by atoms with Gasteiger partial charge in [-0.1, -0.05) is 20.3 Å². The van der Waals surface area contributed by atoms with E-state index >= 15 is 0 Å². The van der Waals surface area contributed by atoms with E-state index in [2.05, 4.69) is 19.2 Å². The third-order valence-corrected chi connectivity index (χ3v) is 4.92. The maximum atomic E-state index is 12.5.